The Bertz CT molecular complexity index is 247. The van der Waals surface area contributed by atoms with Crippen molar-refractivity contribution in [3.8, 4) is 0 Å². The Hall–Kier alpha value is -0.680. The summed E-state index contributed by atoms with van der Waals surface area (Å²) in [5.74, 6) is -0.409. The van der Waals surface area contributed by atoms with Gasteiger partial charge in [-0.25, -0.2) is 0 Å². The molecule has 0 spiro atoms. The van der Waals surface area contributed by atoms with Crippen LogP contribution in [0.3, 0.4) is 0 Å². The van der Waals surface area contributed by atoms with Crippen molar-refractivity contribution in [2.75, 3.05) is 5.94 Å². The molecule has 0 fully saturated rings. The third kappa shape index (κ3) is 4.80. The van der Waals surface area contributed by atoms with Gasteiger partial charge in [0, 0.05) is 4.90 Å². The van der Waals surface area contributed by atoms with Crippen LogP contribution in [0.25, 0.3) is 0 Å². The highest BCUT2D eigenvalue weighted by Gasteiger charge is 2.28. The van der Waals surface area contributed by atoms with Gasteiger partial charge in [-0.15, -0.1) is 13.2 Å². The number of thioether (sulfide) groups is 1. The fraction of sp³-hybridized carbons (Fsp3) is 0.250. The SMILES string of the molecule is FC(F)(F)OCSc1ccccc1. The molecule has 0 aromatic heterocycles. The summed E-state index contributed by atoms with van der Waals surface area (Å²) >= 11 is 1.01. The van der Waals surface area contributed by atoms with E-state index in [-0.39, 0.29) is 0 Å². The van der Waals surface area contributed by atoms with E-state index >= 15 is 0 Å². The van der Waals surface area contributed by atoms with Crippen LogP contribution in [0.15, 0.2) is 35.2 Å². The summed E-state index contributed by atoms with van der Waals surface area (Å²) < 4.78 is 38.2. The largest absolute Gasteiger partial charge is 0.523 e. The molecule has 0 N–H and O–H groups in total. The Kier molecular flexibility index (Phi) is 3.62. The topological polar surface area (TPSA) is 9.23 Å². The molecule has 0 bridgehead atoms. The van der Waals surface area contributed by atoms with Crippen LogP contribution in [-0.4, -0.2) is 12.3 Å². The smallest absolute Gasteiger partial charge is 0.281 e. The van der Waals surface area contributed by atoms with E-state index in [2.05, 4.69) is 4.74 Å². The Balaban J connectivity index is 2.29. The average Bonchev–Trinajstić information content (AvgIpc) is 2.04. The third-order valence-electron chi connectivity index (χ3n) is 1.19. The highest BCUT2D eigenvalue weighted by atomic mass is 32.2. The van der Waals surface area contributed by atoms with Gasteiger partial charge in [0.1, 0.15) is 5.94 Å². The first kappa shape index (κ1) is 10.4. The lowest BCUT2D eigenvalue weighted by molar-refractivity contribution is -0.315. The van der Waals surface area contributed by atoms with Crippen molar-refractivity contribution < 1.29 is 17.9 Å². The van der Waals surface area contributed by atoms with E-state index in [0.29, 0.717) is 0 Å². The van der Waals surface area contributed by atoms with Crippen molar-refractivity contribution in [3.05, 3.63) is 30.3 Å². The number of hydrogen-bond donors (Lipinski definition) is 0. The van der Waals surface area contributed by atoms with Crippen molar-refractivity contribution in [1.82, 2.24) is 0 Å². The second-order valence-electron chi connectivity index (χ2n) is 2.17. The Morgan fingerprint density at radius 3 is 2.31 bits per heavy atom. The summed E-state index contributed by atoms with van der Waals surface area (Å²) in [6.45, 7) is 0. The second-order valence-corrected chi connectivity index (χ2v) is 3.16. The molecule has 0 aliphatic heterocycles. The van der Waals surface area contributed by atoms with Crippen LogP contribution in [0.1, 0.15) is 0 Å². The Morgan fingerprint density at radius 2 is 1.77 bits per heavy atom. The summed E-state index contributed by atoms with van der Waals surface area (Å²) in [6.07, 6.45) is -4.54. The van der Waals surface area contributed by atoms with Crippen molar-refractivity contribution >= 4 is 11.8 Å². The van der Waals surface area contributed by atoms with Gasteiger partial charge in [0.2, 0.25) is 0 Å². The van der Waals surface area contributed by atoms with E-state index in [1.807, 2.05) is 0 Å². The lowest BCUT2D eigenvalue weighted by Gasteiger charge is -2.06. The third-order valence-corrected chi connectivity index (χ3v) is 2.03. The summed E-state index contributed by atoms with van der Waals surface area (Å²) in [7, 11) is 0. The fourth-order valence-electron chi connectivity index (χ4n) is 0.681. The summed E-state index contributed by atoms with van der Waals surface area (Å²) in [4.78, 5) is 0.756. The standard InChI is InChI=1S/C8H7F3OS/c9-8(10,11)12-6-13-7-4-2-1-3-5-7/h1-5H,6H2. The van der Waals surface area contributed by atoms with Crippen molar-refractivity contribution in [2.24, 2.45) is 0 Å². The maximum absolute atomic E-state index is 11.5. The zero-order valence-electron chi connectivity index (χ0n) is 6.54. The van der Waals surface area contributed by atoms with Gasteiger partial charge in [0.15, 0.2) is 0 Å². The van der Waals surface area contributed by atoms with Crippen molar-refractivity contribution in [3.63, 3.8) is 0 Å². The second kappa shape index (κ2) is 4.53. The predicted octanol–water partition coefficient (Wildman–Crippen LogP) is 3.27. The molecule has 1 nitrogen and oxygen atoms in total. The van der Waals surface area contributed by atoms with Gasteiger partial charge in [-0.3, -0.25) is 4.74 Å². The minimum atomic E-state index is -4.54. The van der Waals surface area contributed by atoms with Crippen LogP contribution in [0.5, 0.6) is 0 Å². The first-order valence-corrected chi connectivity index (χ1v) is 4.45. The van der Waals surface area contributed by atoms with Gasteiger partial charge in [-0.2, -0.15) is 0 Å². The number of hydrogen-bond acceptors (Lipinski definition) is 2. The molecule has 0 unspecified atom stereocenters. The lowest BCUT2D eigenvalue weighted by Crippen LogP contribution is -2.12. The van der Waals surface area contributed by atoms with Crippen LogP contribution in [0.4, 0.5) is 13.2 Å². The molecule has 0 saturated heterocycles. The van der Waals surface area contributed by atoms with Gasteiger partial charge >= 0.3 is 6.36 Å². The molecule has 1 aromatic rings. The van der Waals surface area contributed by atoms with Crippen LogP contribution in [-0.2, 0) is 4.74 Å². The summed E-state index contributed by atoms with van der Waals surface area (Å²) in [5, 5.41) is 0. The molecule has 13 heavy (non-hydrogen) atoms. The van der Waals surface area contributed by atoms with E-state index in [1.165, 1.54) is 0 Å². The average molecular weight is 208 g/mol. The highest BCUT2D eigenvalue weighted by Crippen LogP contribution is 2.22. The first-order chi connectivity index (χ1) is 6.08. The zero-order chi connectivity index (χ0) is 9.73. The predicted molar refractivity (Wildman–Crippen MR) is 44.3 cm³/mol. The summed E-state index contributed by atoms with van der Waals surface area (Å²) in [5.41, 5.74) is 0. The highest BCUT2D eigenvalue weighted by molar-refractivity contribution is 7.99. The van der Waals surface area contributed by atoms with E-state index in [0.717, 1.165) is 16.7 Å². The molecular weight excluding hydrogens is 201 g/mol. The van der Waals surface area contributed by atoms with Gasteiger partial charge in [0.05, 0.1) is 0 Å². The first-order valence-electron chi connectivity index (χ1n) is 3.46. The number of benzene rings is 1. The monoisotopic (exact) mass is 208 g/mol. The molecule has 5 heteroatoms. The maximum Gasteiger partial charge on any atom is 0.523 e. The molecule has 0 saturated carbocycles. The van der Waals surface area contributed by atoms with Crippen LogP contribution >= 0.6 is 11.8 Å². The molecule has 0 radical (unpaired) electrons. The molecule has 72 valence electrons. The molecule has 1 aromatic carbocycles. The molecule has 0 heterocycles. The zero-order valence-corrected chi connectivity index (χ0v) is 7.36. The van der Waals surface area contributed by atoms with Crippen LogP contribution in [0.2, 0.25) is 0 Å². The van der Waals surface area contributed by atoms with E-state index in [4.69, 9.17) is 0 Å². The molecule has 0 aliphatic carbocycles. The van der Waals surface area contributed by atoms with Gasteiger partial charge < -0.3 is 0 Å². The van der Waals surface area contributed by atoms with E-state index in [1.54, 1.807) is 30.3 Å². The van der Waals surface area contributed by atoms with Gasteiger partial charge in [-0.1, -0.05) is 30.0 Å². The normalized spacial score (nSPS) is 11.6. The van der Waals surface area contributed by atoms with Gasteiger partial charge in [-0.05, 0) is 12.1 Å². The number of ether oxygens (including phenoxy) is 1. The fourth-order valence-corrected chi connectivity index (χ4v) is 1.36. The lowest BCUT2D eigenvalue weighted by atomic mass is 10.4. The van der Waals surface area contributed by atoms with Crippen molar-refractivity contribution in [1.29, 1.82) is 0 Å². The molecule has 0 amide bonds. The number of halogens is 3. The van der Waals surface area contributed by atoms with Crippen LogP contribution < -0.4 is 0 Å². The minimum Gasteiger partial charge on any atom is -0.281 e. The van der Waals surface area contributed by atoms with Crippen LogP contribution in [0, 0.1) is 0 Å². The number of alkyl halides is 3. The molecule has 0 aliphatic rings. The molecule has 1 rings (SSSR count). The van der Waals surface area contributed by atoms with E-state index < -0.39 is 12.3 Å². The Labute approximate surface area is 77.9 Å². The van der Waals surface area contributed by atoms with Gasteiger partial charge in [0.25, 0.3) is 0 Å². The van der Waals surface area contributed by atoms with Crippen molar-refractivity contribution in [2.45, 2.75) is 11.3 Å². The molecular formula is C8H7F3OS. The number of rotatable bonds is 3. The Morgan fingerprint density at radius 1 is 1.15 bits per heavy atom. The van der Waals surface area contributed by atoms with E-state index in [9.17, 15) is 13.2 Å². The maximum atomic E-state index is 11.5. The quantitative estimate of drug-likeness (QED) is 0.557. The summed E-state index contributed by atoms with van der Waals surface area (Å²) in [6, 6.07) is 8.77. The minimum absolute atomic E-state index is 0.409. The molecule has 0 atom stereocenters.